The van der Waals surface area contributed by atoms with Gasteiger partial charge in [0, 0.05) is 54.2 Å². The molecule has 2 fully saturated rings. The summed E-state index contributed by atoms with van der Waals surface area (Å²) in [5.74, 6) is -20.6. The van der Waals surface area contributed by atoms with Gasteiger partial charge in [-0.15, -0.1) is 0 Å². The first-order valence-electron chi connectivity index (χ1n) is 39.9. The van der Waals surface area contributed by atoms with Gasteiger partial charge >= 0.3 is 17.9 Å². The molecule has 20 N–H and O–H groups in total. The number of hydrogen-bond acceptors (Lipinski definition) is 29. The van der Waals surface area contributed by atoms with Gasteiger partial charge in [-0.2, -0.15) is 0 Å². The molecule has 0 saturated carbocycles. The molecule has 0 radical (unpaired) electrons. The van der Waals surface area contributed by atoms with E-state index in [0.717, 1.165) is 125 Å². The van der Waals surface area contributed by atoms with Crippen molar-refractivity contribution in [1.82, 2.24) is 42.5 Å². The van der Waals surface area contributed by atoms with Crippen LogP contribution in [0.5, 0.6) is 69.0 Å². The number of halogens is 2. The maximum atomic E-state index is 16.7. The molecule has 0 aliphatic carbocycles. The number of esters is 1. The van der Waals surface area contributed by atoms with Crippen molar-refractivity contribution in [3.05, 3.63) is 164 Å². The molecule has 18 atom stereocenters. The second kappa shape index (κ2) is 38.8. The van der Waals surface area contributed by atoms with Gasteiger partial charge < -0.3 is 142 Å². The molecule has 17 bridgehead atoms. The quantitative estimate of drug-likeness (QED) is 0.0356. The zero-order valence-corrected chi connectivity index (χ0v) is 68.3. The van der Waals surface area contributed by atoms with Crippen LogP contribution < -0.4 is 66.2 Å². The Labute approximate surface area is 720 Å². The molecule has 8 aliphatic rings. The molecule has 7 aromatic carbocycles. The van der Waals surface area contributed by atoms with Crippen molar-refractivity contribution in [3.63, 3.8) is 0 Å². The van der Waals surface area contributed by atoms with E-state index in [2.05, 4.69) is 49.5 Å². The predicted octanol–water partition coefficient (Wildman–Crippen LogP) is 4.90. The van der Waals surface area contributed by atoms with Gasteiger partial charge in [0.1, 0.15) is 132 Å². The van der Waals surface area contributed by atoms with Crippen molar-refractivity contribution in [1.29, 1.82) is 0 Å². The van der Waals surface area contributed by atoms with Gasteiger partial charge in [-0.3, -0.25) is 38.4 Å². The maximum absolute atomic E-state index is 16.7. The van der Waals surface area contributed by atoms with Crippen LogP contribution in [-0.4, -0.2) is 208 Å². The summed E-state index contributed by atoms with van der Waals surface area (Å²) in [6.45, 7) is 2.36. The third kappa shape index (κ3) is 20.1. The molecule has 38 nitrogen and oxygen atoms in total. The Morgan fingerprint density at radius 2 is 1.15 bits per heavy atom. The van der Waals surface area contributed by atoms with Crippen LogP contribution in [-0.2, 0) is 68.6 Å². The fourth-order valence-electron chi connectivity index (χ4n) is 15.4. The molecule has 40 heteroatoms. The van der Waals surface area contributed by atoms with Crippen LogP contribution in [0.3, 0.4) is 0 Å². The Morgan fingerprint density at radius 1 is 0.520 bits per heavy atom. The fourth-order valence-corrected chi connectivity index (χ4v) is 15.9. The Bertz CT molecular complexity index is 5320. The smallest absolute Gasteiger partial charge is 0.335 e. The second-order valence-electron chi connectivity index (χ2n) is 30.7. The van der Waals surface area contributed by atoms with E-state index in [1.54, 1.807) is 0 Å². The SMILES string of the molecule is CCCCCCCCCCCC(=O)N[C@@H]1[C@@H](Oc2c3cc4cc2Oc2ccc(cc2Cl)[C@H](O)[C@H]2NC(=O)[C@@H](NC(=O)[C@H]4NC(=O)[C@@H]4NC(=O)[C@H](Cc5ccc(cc5)O3)NC(=O)[C@@H](NC)c3ccc(O)c(c3)Oc3cc(O)c(Cl)c4c3)c3ccc(O)c(c3)-c3c(O[C@@H]4O[C@@H](COC(C)=O)[C@H](O)[C@@H](O)[C@H]4O)cc(O)cc3[C@H](C(=O)O)NC2=O)O[C@@H](C(=O)O)[C@H](O)[C@H]1O. The number of carbonyl (C=O) groups excluding carboxylic acids is 8. The Balaban J connectivity index is 1.03. The van der Waals surface area contributed by atoms with Crippen molar-refractivity contribution >= 4 is 82.5 Å². The monoisotopic (exact) mass is 1770 g/mol. The Morgan fingerprint density at radius 3 is 1.83 bits per heavy atom. The molecule has 0 aromatic heterocycles. The summed E-state index contributed by atoms with van der Waals surface area (Å²) in [7, 11) is 1.42. The third-order valence-corrected chi connectivity index (χ3v) is 22.7. The number of nitrogens with one attached hydrogen (secondary N) is 8. The maximum Gasteiger partial charge on any atom is 0.335 e. The zero-order chi connectivity index (χ0) is 89.7. The van der Waals surface area contributed by atoms with Gasteiger partial charge in [0.15, 0.2) is 35.1 Å². The highest BCUT2D eigenvalue weighted by Crippen LogP contribution is 2.51. The number of unbranched alkanes of at least 4 members (excludes halogenated alkanes) is 8. The average molecular weight is 1770 g/mol. The summed E-state index contributed by atoms with van der Waals surface area (Å²) in [5, 5.41) is 158. The van der Waals surface area contributed by atoms with Crippen LogP contribution >= 0.6 is 23.2 Å². The Hall–Kier alpha value is -12.3. The van der Waals surface area contributed by atoms with Gasteiger partial charge in [0.2, 0.25) is 59.7 Å². The van der Waals surface area contributed by atoms with Gasteiger partial charge in [0.05, 0.1) is 10.0 Å². The topological polar surface area (TPSA) is 584 Å². The van der Waals surface area contributed by atoms with Crippen molar-refractivity contribution in [2.24, 2.45) is 0 Å². The Kier molecular flexibility index (Phi) is 28.1. The predicted molar refractivity (Wildman–Crippen MR) is 433 cm³/mol. The van der Waals surface area contributed by atoms with Gasteiger partial charge in [-0.05, 0) is 114 Å². The number of ether oxygens (including phenoxy) is 8. The van der Waals surface area contributed by atoms with E-state index in [1.165, 1.54) is 49.5 Å². The number of carboxylic acids is 2. The number of carbonyl (C=O) groups is 10. The van der Waals surface area contributed by atoms with Crippen molar-refractivity contribution in [2.75, 3.05) is 13.7 Å². The summed E-state index contributed by atoms with van der Waals surface area (Å²) in [6.07, 6.45) is -14.3. The lowest BCUT2D eigenvalue weighted by Gasteiger charge is -2.41. The molecule has 8 aliphatic heterocycles. The number of aliphatic hydroxyl groups is 6. The number of benzene rings is 7. The average Bonchev–Trinajstić information content (AvgIpc) is 0.768. The number of aromatic hydroxyl groups is 4. The van der Waals surface area contributed by atoms with Crippen molar-refractivity contribution in [2.45, 2.75) is 194 Å². The van der Waals surface area contributed by atoms with Gasteiger partial charge in [-0.1, -0.05) is 112 Å². The highest BCUT2D eigenvalue weighted by molar-refractivity contribution is 6.33. The van der Waals surface area contributed by atoms with Crippen LogP contribution in [0.25, 0.3) is 11.1 Å². The van der Waals surface area contributed by atoms with E-state index >= 15 is 24.0 Å². The zero-order valence-electron chi connectivity index (χ0n) is 66.8. The third-order valence-electron chi connectivity index (χ3n) is 22.0. The molecule has 664 valence electrons. The normalized spacial score (nSPS) is 26.0. The lowest BCUT2D eigenvalue weighted by molar-refractivity contribution is -0.278. The second-order valence-corrected chi connectivity index (χ2v) is 31.5. The minimum atomic E-state index is -2.48. The molecule has 2 saturated heterocycles. The number of likely N-dealkylation sites (N-methyl/N-ethyl adjacent to an activating group) is 1. The first-order chi connectivity index (χ1) is 59.7. The van der Waals surface area contributed by atoms with E-state index in [-0.39, 0.29) is 40.4 Å². The number of aliphatic carboxylic acids is 2. The summed E-state index contributed by atoms with van der Waals surface area (Å²) >= 11 is 14.2. The minimum absolute atomic E-state index is 0.153. The summed E-state index contributed by atoms with van der Waals surface area (Å²) < 4.78 is 49.3. The molecule has 0 unspecified atom stereocenters. The highest BCUT2D eigenvalue weighted by atomic mass is 35.5. The van der Waals surface area contributed by atoms with E-state index < -0.39 is 277 Å². The van der Waals surface area contributed by atoms with Crippen LogP contribution in [0, 0.1) is 0 Å². The van der Waals surface area contributed by atoms with Crippen molar-refractivity contribution in [3.8, 4) is 80.1 Å². The number of fused-ring (bicyclic) bond motifs is 14. The number of phenolic OH excluding ortho intramolecular Hbond substituents is 4. The van der Waals surface area contributed by atoms with E-state index in [4.69, 9.17) is 61.1 Å². The number of aliphatic hydroxyl groups excluding tert-OH is 6. The van der Waals surface area contributed by atoms with Gasteiger partial charge in [-0.25, -0.2) is 9.59 Å². The first-order valence-corrected chi connectivity index (χ1v) is 40.7. The lowest BCUT2D eigenvalue weighted by atomic mass is 9.89. The fraction of sp³-hybridized carbons (Fsp3) is 0.388. The summed E-state index contributed by atoms with van der Waals surface area (Å²) in [5.41, 5.74) is -3.37. The highest BCUT2D eigenvalue weighted by Gasteiger charge is 2.52. The number of carboxylic acid groups (broad SMARTS) is 2. The molecule has 7 amide bonds. The number of amides is 7. The van der Waals surface area contributed by atoms with Crippen molar-refractivity contribution < 1.29 is 147 Å². The molecule has 8 heterocycles. The van der Waals surface area contributed by atoms with E-state index in [0.29, 0.717) is 12.8 Å². The molecule has 15 rings (SSSR count). The summed E-state index contributed by atoms with van der Waals surface area (Å²) in [4.78, 5) is 148. The van der Waals surface area contributed by atoms with Crippen LogP contribution in [0.15, 0.2) is 115 Å². The molecular weight excluding hydrogens is 1680 g/mol. The standard InChI is InChI=1S/C85H90Cl2N8O30/c1-4-5-6-7-8-9-10-11-12-13-58(101)90-67-70(104)72(106)75(83(116)117)125-84(67)124-74-55-28-40-29-56(74)121-52-23-18-39(26-47(52)86)68(102)66-81(113)94-65(82(114)115)45-30-41(97)31-54(122-85-73(107)71(105)69(103)57(123-85)34-118-35(2)96)59(45)44-25-37(16-21-49(44)98)62(78(110)95-66)91-79(111)63(40)92-80(112)64-46-32-43(33-51(100)60(46)87)120-53-27-38(17-22-50(53)99)61(88-3)77(109)89-48(76(108)93-64)24-36-14-19-42(119-55)20-15-36/h14-23,25-33,48,57,61-73,75,84-85,88,97-100,102-107H,4-13,24,34H2,1-3H3,(H,89,109)(H,90,101)(H,91,111)(H,92,112)(H,93,108)(H,94,113)(H,95,110)(H,114,115)(H,116,117)/t48-,57-,61-,62-,63-,64+,65+,66+,67-,68-,69-,70-,71+,72+,73+,75+,84-,85+/m0/s1. The van der Waals surface area contributed by atoms with Crippen LogP contribution in [0.1, 0.15) is 153 Å². The van der Waals surface area contributed by atoms with E-state index in [1.807, 2.05) is 0 Å². The molecule has 125 heavy (non-hydrogen) atoms. The first kappa shape index (κ1) is 90.4. The number of hydrogen-bond donors (Lipinski definition) is 20. The molecule has 0 spiro atoms. The largest absolute Gasteiger partial charge is 0.508 e. The number of phenols is 4. The van der Waals surface area contributed by atoms with Crippen LogP contribution in [0.4, 0.5) is 0 Å². The summed E-state index contributed by atoms with van der Waals surface area (Å²) in [6, 6.07) is 4.25. The lowest BCUT2D eigenvalue weighted by Crippen LogP contribution is -2.66. The minimum Gasteiger partial charge on any atom is -0.508 e. The molecule has 7 aromatic rings. The van der Waals surface area contributed by atoms with Crippen LogP contribution in [0.2, 0.25) is 10.0 Å². The van der Waals surface area contributed by atoms with Gasteiger partial charge in [0.25, 0.3) is 0 Å². The van der Waals surface area contributed by atoms with E-state index in [9.17, 15) is 85.3 Å². The number of rotatable bonds is 20. The molecular formula is C85H90Cl2N8O30.